The van der Waals surface area contributed by atoms with E-state index < -0.39 is 15.8 Å². The van der Waals surface area contributed by atoms with Crippen molar-refractivity contribution in [2.45, 2.75) is 50.0 Å². The van der Waals surface area contributed by atoms with Crippen LogP contribution in [0.1, 0.15) is 42.9 Å². The molecule has 0 saturated carbocycles. The monoisotopic (exact) mass is 480 g/mol. The lowest BCUT2D eigenvalue weighted by atomic mass is 9.93. The lowest BCUT2D eigenvalue weighted by Gasteiger charge is -2.23. The van der Waals surface area contributed by atoms with Crippen LogP contribution in [0, 0.1) is 6.92 Å². The molecule has 3 heterocycles. The highest BCUT2D eigenvalue weighted by Crippen LogP contribution is 2.28. The number of allylic oxidation sites excluding steroid dienone is 1. The van der Waals surface area contributed by atoms with Gasteiger partial charge in [0, 0.05) is 52.2 Å². The van der Waals surface area contributed by atoms with Crippen LogP contribution in [-0.2, 0) is 21.2 Å². The Morgan fingerprint density at radius 1 is 1.35 bits per heavy atom. The fraction of sp³-hybridized carbons (Fsp3) is 0.364. The maximum Gasteiger partial charge on any atom is 0.304 e. The van der Waals surface area contributed by atoms with E-state index in [1.165, 1.54) is 6.26 Å². The molecule has 1 aromatic carbocycles. The lowest BCUT2D eigenvalue weighted by Crippen LogP contribution is -2.33. The van der Waals surface area contributed by atoms with Crippen molar-refractivity contribution < 1.29 is 18.3 Å². The number of nitrogens with zero attached hydrogens (tertiary/aromatic N) is 2. The zero-order valence-electron chi connectivity index (χ0n) is 17.4. The predicted molar refractivity (Wildman–Crippen MR) is 125 cm³/mol. The molecule has 0 spiro atoms. The Bertz CT molecular complexity index is 1260. The number of carboxylic acid groups (broad SMARTS) is 1. The van der Waals surface area contributed by atoms with Gasteiger partial charge >= 0.3 is 5.97 Å². The van der Waals surface area contributed by atoms with Crippen molar-refractivity contribution in [2.75, 3.05) is 6.26 Å². The van der Waals surface area contributed by atoms with Gasteiger partial charge in [0.1, 0.15) is 5.49 Å². The first-order chi connectivity index (χ1) is 14.6. The molecule has 2 aliphatic heterocycles. The number of aromatic nitrogens is 1. The van der Waals surface area contributed by atoms with Crippen molar-refractivity contribution in [2.24, 2.45) is 4.99 Å². The molecule has 1 unspecified atom stereocenters. The standard InChI is InChI=1S/C15H18N2O4S.C7H7ClS/c1-22(20,21)13-5-2-6-16-15-11(13)9-12-10(8-14(18)19)4-3-7-17(12)15;1-5-4-6(9)2-3-7(5)8/h2,6,9-10H,3-5,7-8H2,1H3,(H,18,19);2-4,9H,1H3. The van der Waals surface area contributed by atoms with Gasteiger partial charge in [-0.3, -0.25) is 4.79 Å². The van der Waals surface area contributed by atoms with Gasteiger partial charge in [0.2, 0.25) is 0 Å². The molecule has 0 aliphatic carbocycles. The summed E-state index contributed by atoms with van der Waals surface area (Å²) >= 11 is 9.89. The van der Waals surface area contributed by atoms with Crippen LogP contribution in [0.2, 0.25) is 5.02 Å². The van der Waals surface area contributed by atoms with Crippen molar-refractivity contribution in [3.05, 3.63) is 63.5 Å². The summed E-state index contributed by atoms with van der Waals surface area (Å²) in [5, 5.41) is 10.5. The van der Waals surface area contributed by atoms with Gasteiger partial charge in [-0.1, -0.05) is 17.7 Å². The first-order valence-electron chi connectivity index (χ1n) is 9.90. The van der Waals surface area contributed by atoms with Crippen molar-refractivity contribution in [1.29, 1.82) is 0 Å². The summed E-state index contributed by atoms with van der Waals surface area (Å²) in [5.74, 6) is -0.919. The Morgan fingerprint density at radius 3 is 2.71 bits per heavy atom. The minimum atomic E-state index is -3.33. The number of carbonyl (C=O) groups is 1. The maximum absolute atomic E-state index is 12.1. The molecule has 0 radical (unpaired) electrons. The molecule has 31 heavy (non-hydrogen) atoms. The van der Waals surface area contributed by atoms with Crippen molar-refractivity contribution in [3.8, 4) is 0 Å². The maximum atomic E-state index is 12.1. The van der Waals surface area contributed by atoms with Gasteiger partial charge in [-0.25, -0.2) is 13.4 Å². The van der Waals surface area contributed by atoms with E-state index in [-0.39, 0.29) is 12.3 Å². The van der Waals surface area contributed by atoms with Crippen molar-refractivity contribution in [1.82, 2.24) is 4.57 Å². The van der Waals surface area contributed by atoms with Gasteiger partial charge in [0.15, 0.2) is 9.84 Å². The number of aliphatic carboxylic acids is 1. The number of hydrogen-bond donors (Lipinski definition) is 2. The topological polar surface area (TPSA) is 88.7 Å². The second-order valence-corrected chi connectivity index (χ2v) is 10.7. The van der Waals surface area contributed by atoms with Gasteiger partial charge in [-0.05, 0) is 49.6 Å². The molecular formula is C22H25ClN2O4S2. The van der Waals surface area contributed by atoms with E-state index in [2.05, 4.69) is 17.6 Å². The predicted octanol–water partition coefficient (Wildman–Crippen LogP) is 3.47. The number of carboxylic acids is 1. The minimum Gasteiger partial charge on any atom is -0.481 e. The van der Waals surface area contributed by atoms with Crippen LogP contribution in [0.4, 0.5) is 0 Å². The van der Waals surface area contributed by atoms with Gasteiger partial charge in [-0.2, -0.15) is 0 Å². The lowest BCUT2D eigenvalue weighted by molar-refractivity contribution is -0.137. The van der Waals surface area contributed by atoms with Gasteiger partial charge in [0.25, 0.3) is 0 Å². The SMILES string of the molecule is CS(=O)(=O)C1=c2cc3n(c2=NC=CC1)CCCC3CC(=O)O.Cc1cc(S)ccc1Cl. The highest BCUT2D eigenvalue weighted by molar-refractivity contribution is 7.99. The fourth-order valence-corrected chi connectivity index (χ4v) is 5.24. The smallest absolute Gasteiger partial charge is 0.304 e. The molecule has 1 aromatic heterocycles. The number of thiol groups is 1. The molecule has 166 valence electrons. The molecule has 4 rings (SSSR count). The van der Waals surface area contributed by atoms with E-state index >= 15 is 0 Å². The average molecular weight is 481 g/mol. The van der Waals surface area contributed by atoms with E-state index in [0.717, 1.165) is 40.6 Å². The summed E-state index contributed by atoms with van der Waals surface area (Å²) in [6, 6.07) is 7.48. The second kappa shape index (κ2) is 9.63. The summed E-state index contributed by atoms with van der Waals surface area (Å²) < 4.78 is 26.1. The number of rotatable bonds is 3. The molecular weight excluding hydrogens is 456 g/mol. The van der Waals surface area contributed by atoms with Crippen LogP contribution in [0.25, 0.3) is 4.91 Å². The summed E-state index contributed by atoms with van der Waals surface area (Å²) in [7, 11) is -3.33. The first-order valence-corrected chi connectivity index (χ1v) is 12.6. The van der Waals surface area contributed by atoms with Crippen LogP contribution in [0.5, 0.6) is 0 Å². The third kappa shape index (κ3) is 5.61. The molecule has 0 amide bonds. The van der Waals surface area contributed by atoms with E-state index in [0.29, 0.717) is 22.0 Å². The molecule has 1 atom stereocenters. The number of hydrogen-bond acceptors (Lipinski definition) is 5. The third-order valence-electron chi connectivity index (χ3n) is 5.37. The second-order valence-electron chi connectivity index (χ2n) is 7.74. The Balaban J connectivity index is 0.000000254. The molecule has 2 aromatic rings. The minimum absolute atomic E-state index is 0.0624. The van der Waals surface area contributed by atoms with E-state index in [4.69, 9.17) is 16.7 Å². The zero-order chi connectivity index (χ0) is 22.8. The Labute approximate surface area is 192 Å². The molecule has 2 aliphatic rings. The molecule has 6 nitrogen and oxygen atoms in total. The fourth-order valence-electron chi connectivity index (χ4n) is 3.91. The van der Waals surface area contributed by atoms with Crippen LogP contribution in [-0.4, -0.2) is 30.3 Å². The summed E-state index contributed by atoms with van der Waals surface area (Å²) in [6.07, 6.45) is 6.64. The first kappa shape index (κ1) is 23.6. The van der Waals surface area contributed by atoms with E-state index in [1.54, 1.807) is 12.3 Å². The largest absolute Gasteiger partial charge is 0.481 e. The Kier molecular flexibility index (Phi) is 7.34. The molecule has 0 bridgehead atoms. The molecule has 0 saturated heterocycles. The number of sulfone groups is 1. The van der Waals surface area contributed by atoms with E-state index in [1.807, 2.05) is 35.8 Å². The molecule has 0 fully saturated rings. The molecule has 1 N–H and O–H groups in total. The highest BCUT2D eigenvalue weighted by Gasteiger charge is 2.26. The number of benzene rings is 1. The Hall–Kier alpha value is -2.03. The van der Waals surface area contributed by atoms with Gasteiger partial charge < -0.3 is 9.67 Å². The van der Waals surface area contributed by atoms with Crippen LogP contribution >= 0.6 is 24.2 Å². The summed E-state index contributed by atoms with van der Waals surface area (Å²) in [6.45, 7) is 2.71. The summed E-state index contributed by atoms with van der Waals surface area (Å²) in [4.78, 5) is 16.8. The summed E-state index contributed by atoms with van der Waals surface area (Å²) in [5.41, 5.74) is 2.60. The highest BCUT2D eigenvalue weighted by atomic mass is 35.5. The average Bonchev–Trinajstić information content (AvgIpc) is 2.89. The zero-order valence-corrected chi connectivity index (χ0v) is 19.8. The number of halogens is 1. The van der Waals surface area contributed by atoms with Crippen molar-refractivity contribution >= 4 is 44.9 Å². The van der Waals surface area contributed by atoms with Crippen molar-refractivity contribution in [3.63, 3.8) is 0 Å². The van der Waals surface area contributed by atoms with E-state index in [9.17, 15) is 13.2 Å². The van der Waals surface area contributed by atoms with Gasteiger partial charge in [0.05, 0.1) is 11.3 Å². The Morgan fingerprint density at radius 2 is 2.10 bits per heavy atom. The quantitative estimate of drug-likeness (QED) is 0.658. The third-order valence-corrected chi connectivity index (χ3v) is 7.35. The molecule has 9 heteroatoms. The van der Waals surface area contributed by atoms with Crippen LogP contribution < -0.4 is 10.7 Å². The number of fused-ring (bicyclic) bond motifs is 3. The van der Waals surface area contributed by atoms with Crippen LogP contribution in [0.15, 0.2) is 46.4 Å². The number of aryl methyl sites for hydroxylation is 1. The van der Waals surface area contributed by atoms with Crippen LogP contribution in [0.3, 0.4) is 0 Å². The normalized spacial score (nSPS) is 17.5. The van der Waals surface area contributed by atoms with Gasteiger partial charge in [-0.15, -0.1) is 12.6 Å².